The summed E-state index contributed by atoms with van der Waals surface area (Å²) in [7, 11) is -5.98. The van der Waals surface area contributed by atoms with E-state index < -0.39 is 18.3 Å². The Kier molecular flexibility index (Phi) is 10.3. The van der Waals surface area contributed by atoms with Crippen LogP contribution in [0.15, 0.2) is 41.3 Å². The molecular weight excluding hydrogens is 398 g/mol. The third kappa shape index (κ3) is 8.36. The number of nitrogens with zero attached hydrogens (tertiary/aromatic N) is 1. The molecule has 0 bridgehead atoms. The molecule has 1 aromatic carbocycles. The van der Waals surface area contributed by atoms with Crippen LogP contribution in [0.1, 0.15) is 71.8 Å². The predicted octanol–water partition coefficient (Wildman–Crippen LogP) is 6.84. The maximum Gasteiger partial charge on any atom is 0.264 e. The third-order valence-electron chi connectivity index (χ3n) is 5.58. The quantitative estimate of drug-likeness (QED) is 0.155. The second-order valence-electron chi connectivity index (χ2n) is 9.31. The summed E-state index contributed by atoms with van der Waals surface area (Å²) >= 11 is 0. The molecule has 0 radical (unpaired) electrons. The third-order valence-corrected chi connectivity index (χ3v) is 11.7. The Hall–Kier alpha value is -0.953. The van der Waals surface area contributed by atoms with Crippen molar-refractivity contribution >= 4 is 18.3 Å². The molecule has 0 fully saturated rings. The van der Waals surface area contributed by atoms with Gasteiger partial charge in [-0.2, -0.15) is 0 Å². The summed E-state index contributed by atoms with van der Waals surface area (Å²) in [6, 6.07) is 6.99. The fourth-order valence-corrected chi connectivity index (χ4v) is 5.43. The lowest BCUT2D eigenvalue weighted by Gasteiger charge is -2.39. The second-order valence-corrected chi connectivity index (χ2v) is 15.8. The summed E-state index contributed by atoms with van der Waals surface area (Å²) in [5, 5.41) is -0.0762. The Morgan fingerprint density at radius 2 is 1.55 bits per heavy atom. The number of benzene rings is 1. The minimum atomic E-state index is -3.69. The van der Waals surface area contributed by atoms with Crippen LogP contribution in [0.25, 0.3) is 0 Å². The largest absolute Gasteiger partial charge is 0.329 e. The summed E-state index contributed by atoms with van der Waals surface area (Å²) < 4.78 is 34.1. The van der Waals surface area contributed by atoms with Crippen molar-refractivity contribution in [2.45, 2.75) is 96.2 Å². The molecule has 0 saturated carbocycles. The van der Waals surface area contributed by atoms with Gasteiger partial charge in [-0.1, -0.05) is 74.9 Å². The molecule has 0 aromatic heterocycles. The number of unbranched alkanes of at least 4 members (excludes halogenated alkanes) is 4. The molecule has 1 rings (SSSR count). The highest BCUT2D eigenvalue weighted by Gasteiger charge is 2.42. The fraction of sp³-hybridized carbons (Fsp3) is 0.652. The van der Waals surface area contributed by atoms with Gasteiger partial charge in [0.15, 0.2) is 0 Å². The normalized spacial score (nSPS) is 13.5. The lowest BCUT2D eigenvalue weighted by molar-refractivity contribution is 0.0180. The topological polar surface area (TPSA) is 46.6 Å². The first-order chi connectivity index (χ1) is 13.4. The van der Waals surface area contributed by atoms with Crippen molar-refractivity contribution in [3.8, 4) is 0 Å². The molecule has 166 valence electrons. The van der Waals surface area contributed by atoms with E-state index >= 15 is 0 Å². The monoisotopic (exact) mass is 439 g/mol. The van der Waals surface area contributed by atoms with Gasteiger partial charge < -0.3 is 4.53 Å². The number of rotatable bonds is 12. The zero-order valence-electron chi connectivity index (χ0n) is 19.5. The molecule has 6 heteroatoms. The van der Waals surface area contributed by atoms with Gasteiger partial charge in [0.05, 0.1) is 4.90 Å². The number of sulfonamides is 1. The highest BCUT2D eigenvalue weighted by atomic mass is 32.2. The lowest BCUT2D eigenvalue weighted by atomic mass is 10.2. The SMILES string of the molecule is CCCCC/C=C\CCCN(O[Si](C)(C)C(C)(C)C)S(=O)(=O)c1ccc(C)cc1. The Labute approximate surface area is 180 Å². The van der Waals surface area contributed by atoms with Gasteiger partial charge >= 0.3 is 0 Å². The molecule has 4 nitrogen and oxygen atoms in total. The van der Waals surface area contributed by atoms with Crippen LogP contribution in [0, 0.1) is 6.92 Å². The molecule has 0 N–H and O–H groups in total. The van der Waals surface area contributed by atoms with Gasteiger partial charge in [0.25, 0.3) is 10.0 Å². The van der Waals surface area contributed by atoms with Gasteiger partial charge in [0.2, 0.25) is 8.32 Å². The van der Waals surface area contributed by atoms with Crippen LogP contribution in [0.5, 0.6) is 0 Å². The minimum absolute atomic E-state index is 0.0762. The molecule has 0 amide bonds. The Bertz CT molecular complexity index is 734. The molecule has 29 heavy (non-hydrogen) atoms. The first-order valence-electron chi connectivity index (χ1n) is 10.9. The van der Waals surface area contributed by atoms with Crippen molar-refractivity contribution in [2.75, 3.05) is 6.54 Å². The molecule has 0 atom stereocenters. The van der Waals surface area contributed by atoms with E-state index in [1.807, 2.05) is 19.1 Å². The maximum atomic E-state index is 13.3. The van der Waals surface area contributed by atoms with Crippen molar-refractivity contribution in [1.82, 2.24) is 4.47 Å². The van der Waals surface area contributed by atoms with Crippen molar-refractivity contribution < 1.29 is 12.9 Å². The summed E-state index contributed by atoms with van der Waals surface area (Å²) in [5.74, 6) is 0. The van der Waals surface area contributed by atoms with Gasteiger partial charge in [0, 0.05) is 6.54 Å². The van der Waals surface area contributed by atoms with Crippen LogP contribution in [0.3, 0.4) is 0 Å². The standard InChI is InChI=1S/C23H41NO3SSi/c1-8-9-10-11-12-13-14-15-20-24(27-29(6,7)23(3,4)5)28(25,26)22-18-16-21(2)17-19-22/h12-13,16-19H,8-11,14-15,20H2,1-7H3/b13-12-. The van der Waals surface area contributed by atoms with E-state index in [4.69, 9.17) is 4.53 Å². The van der Waals surface area contributed by atoms with E-state index in [1.165, 1.54) is 23.7 Å². The van der Waals surface area contributed by atoms with Crippen molar-refractivity contribution in [3.63, 3.8) is 0 Å². The fourth-order valence-electron chi connectivity index (χ4n) is 2.52. The van der Waals surface area contributed by atoms with Gasteiger partial charge in [-0.15, -0.1) is 0 Å². The highest BCUT2D eigenvalue weighted by Crippen LogP contribution is 2.38. The van der Waals surface area contributed by atoms with Gasteiger partial charge in [0.1, 0.15) is 0 Å². The zero-order chi connectivity index (χ0) is 22.1. The van der Waals surface area contributed by atoms with E-state index in [2.05, 4.69) is 52.9 Å². The van der Waals surface area contributed by atoms with Crippen molar-refractivity contribution in [3.05, 3.63) is 42.0 Å². The molecule has 0 heterocycles. The molecule has 0 saturated heterocycles. The van der Waals surface area contributed by atoms with Crippen molar-refractivity contribution in [1.29, 1.82) is 0 Å². The Morgan fingerprint density at radius 1 is 1.00 bits per heavy atom. The average Bonchev–Trinajstić information content (AvgIpc) is 2.62. The zero-order valence-corrected chi connectivity index (χ0v) is 21.3. The predicted molar refractivity (Wildman–Crippen MR) is 126 cm³/mol. The van der Waals surface area contributed by atoms with Gasteiger partial charge in [-0.25, -0.2) is 8.42 Å². The lowest BCUT2D eigenvalue weighted by Crippen LogP contribution is -2.48. The number of hydrogen-bond acceptors (Lipinski definition) is 3. The number of hydroxylamine groups is 1. The Balaban J connectivity index is 2.91. The van der Waals surface area contributed by atoms with Crippen LogP contribution >= 0.6 is 0 Å². The second kappa shape index (κ2) is 11.4. The van der Waals surface area contributed by atoms with Crippen molar-refractivity contribution in [2.24, 2.45) is 0 Å². The van der Waals surface area contributed by atoms with E-state index in [1.54, 1.807) is 12.1 Å². The molecule has 0 aliphatic carbocycles. The van der Waals surface area contributed by atoms with Crippen LogP contribution in [0.2, 0.25) is 18.1 Å². The smallest absolute Gasteiger partial charge is 0.264 e. The van der Waals surface area contributed by atoms with Crippen LogP contribution in [-0.4, -0.2) is 27.7 Å². The molecule has 0 aliphatic heterocycles. The molecule has 0 spiro atoms. The first-order valence-corrected chi connectivity index (χ1v) is 15.2. The minimum Gasteiger partial charge on any atom is -0.329 e. The molecular formula is C23H41NO3SSi. The number of aryl methyl sites for hydroxylation is 1. The highest BCUT2D eigenvalue weighted by molar-refractivity contribution is 7.89. The summed E-state index contributed by atoms with van der Waals surface area (Å²) in [6.45, 7) is 15.0. The maximum absolute atomic E-state index is 13.3. The van der Waals surface area contributed by atoms with E-state index in [0.717, 1.165) is 24.8 Å². The summed E-state index contributed by atoms with van der Waals surface area (Å²) in [6.07, 6.45) is 10.8. The average molecular weight is 440 g/mol. The number of allylic oxidation sites excluding steroid dienone is 2. The Morgan fingerprint density at radius 3 is 2.07 bits per heavy atom. The summed E-state index contributed by atoms with van der Waals surface area (Å²) in [5.41, 5.74) is 1.04. The van der Waals surface area contributed by atoms with E-state index in [9.17, 15) is 8.42 Å². The number of hydrogen-bond donors (Lipinski definition) is 0. The molecule has 0 unspecified atom stereocenters. The summed E-state index contributed by atoms with van der Waals surface area (Å²) in [4.78, 5) is 0.289. The van der Waals surface area contributed by atoms with E-state index in [-0.39, 0.29) is 9.93 Å². The van der Waals surface area contributed by atoms with Gasteiger partial charge in [-0.3, -0.25) is 0 Å². The molecule has 1 aromatic rings. The van der Waals surface area contributed by atoms with Crippen LogP contribution in [-0.2, 0) is 14.6 Å². The van der Waals surface area contributed by atoms with Gasteiger partial charge in [-0.05, 0) is 62.9 Å². The van der Waals surface area contributed by atoms with E-state index in [0.29, 0.717) is 6.54 Å². The first kappa shape index (κ1) is 26.1. The molecule has 0 aliphatic rings. The van der Waals surface area contributed by atoms with Crippen LogP contribution in [0.4, 0.5) is 0 Å². The van der Waals surface area contributed by atoms with Crippen LogP contribution < -0.4 is 0 Å².